The molecule has 1 aliphatic rings. The number of hydrogen-bond acceptors (Lipinski definition) is 8. The summed E-state index contributed by atoms with van der Waals surface area (Å²) in [6.45, 7) is 1.48. The van der Waals surface area contributed by atoms with E-state index in [0.29, 0.717) is 36.9 Å². The summed E-state index contributed by atoms with van der Waals surface area (Å²) in [4.78, 5) is 10.3. The zero-order valence-corrected chi connectivity index (χ0v) is 18.7. The maximum absolute atomic E-state index is 13.1. The molecule has 32 heavy (non-hydrogen) atoms. The second-order valence-electron chi connectivity index (χ2n) is 7.26. The van der Waals surface area contributed by atoms with Crippen LogP contribution in [0, 0.1) is 16.0 Å². The molecule has 2 aromatic rings. The number of ether oxygens (including phenoxy) is 4. The molecule has 0 aromatic heterocycles. The molecule has 0 amide bonds. The number of hydrogen-bond donors (Lipinski definition) is 1. The third kappa shape index (κ3) is 5.87. The van der Waals surface area contributed by atoms with Gasteiger partial charge in [-0.1, -0.05) is 6.07 Å². The third-order valence-electron chi connectivity index (χ3n) is 5.19. The Bertz CT molecular complexity index is 1050. The molecule has 1 fully saturated rings. The van der Waals surface area contributed by atoms with Crippen molar-refractivity contribution in [2.45, 2.75) is 24.3 Å². The molecule has 0 atom stereocenters. The molecule has 0 aliphatic carbocycles. The van der Waals surface area contributed by atoms with Crippen molar-refractivity contribution in [3.8, 4) is 17.2 Å². The van der Waals surface area contributed by atoms with E-state index in [1.807, 2.05) is 0 Å². The highest BCUT2D eigenvalue weighted by Crippen LogP contribution is 2.30. The Balaban J connectivity index is 1.82. The normalized spacial score (nSPS) is 14.7. The van der Waals surface area contributed by atoms with Crippen LogP contribution in [0.5, 0.6) is 17.2 Å². The van der Waals surface area contributed by atoms with Crippen LogP contribution in [0.2, 0.25) is 0 Å². The Kier molecular flexibility index (Phi) is 7.89. The summed E-state index contributed by atoms with van der Waals surface area (Å²) < 4.78 is 50.2. The van der Waals surface area contributed by atoms with Crippen molar-refractivity contribution in [1.82, 2.24) is 4.72 Å². The minimum atomic E-state index is -4.13. The van der Waals surface area contributed by atoms with Gasteiger partial charge in [0.1, 0.15) is 22.1 Å². The lowest BCUT2D eigenvalue weighted by atomic mass is 10.0. The molecule has 1 N–H and O–H groups in total. The van der Waals surface area contributed by atoms with Crippen LogP contribution in [0.1, 0.15) is 18.4 Å². The van der Waals surface area contributed by atoms with Crippen LogP contribution in [-0.2, 0) is 21.3 Å². The Hall–Kier alpha value is -2.89. The largest absolute Gasteiger partial charge is 0.497 e. The fourth-order valence-corrected chi connectivity index (χ4v) is 4.48. The fourth-order valence-electron chi connectivity index (χ4n) is 3.31. The molecule has 0 radical (unpaired) electrons. The van der Waals surface area contributed by atoms with E-state index >= 15 is 0 Å². The highest BCUT2D eigenvalue weighted by atomic mass is 32.2. The van der Waals surface area contributed by atoms with Crippen molar-refractivity contribution in [2.24, 2.45) is 5.92 Å². The van der Waals surface area contributed by atoms with Gasteiger partial charge in [-0.15, -0.1) is 0 Å². The van der Waals surface area contributed by atoms with Crippen LogP contribution in [-0.4, -0.2) is 47.4 Å². The highest BCUT2D eigenvalue weighted by Gasteiger charge is 2.25. The summed E-state index contributed by atoms with van der Waals surface area (Å²) in [6, 6.07) is 8.55. The SMILES string of the molecule is COc1ccc(CNS(=O)(=O)c2cc([N+](=O)[O-])ccc2OCC2CCOCC2)c(OC)c1. The predicted molar refractivity (Wildman–Crippen MR) is 116 cm³/mol. The molecule has 0 saturated carbocycles. The minimum absolute atomic E-state index is 0.0660. The average molecular weight is 467 g/mol. The molecule has 1 heterocycles. The zero-order chi connectivity index (χ0) is 23.1. The number of rotatable bonds is 10. The monoisotopic (exact) mass is 466 g/mol. The molecule has 174 valence electrons. The first-order chi connectivity index (χ1) is 15.3. The maximum Gasteiger partial charge on any atom is 0.271 e. The third-order valence-corrected chi connectivity index (χ3v) is 6.61. The lowest BCUT2D eigenvalue weighted by molar-refractivity contribution is -0.385. The standard InChI is InChI=1S/C21H26N2O8S/c1-28-18-5-3-16(20(12-18)29-2)13-22-32(26,27)21-11-17(23(24)25)4-6-19(21)31-14-15-7-9-30-10-8-15/h3-6,11-12,15,22H,7-10,13-14H2,1-2H3. The summed E-state index contributed by atoms with van der Waals surface area (Å²) >= 11 is 0. The van der Waals surface area contributed by atoms with Gasteiger partial charge in [0.25, 0.3) is 5.69 Å². The van der Waals surface area contributed by atoms with Crippen LogP contribution in [0.15, 0.2) is 41.3 Å². The number of methoxy groups -OCH3 is 2. The van der Waals surface area contributed by atoms with Crippen LogP contribution in [0.25, 0.3) is 0 Å². The first-order valence-corrected chi connectivity index (χ1v) is 11.5. The van der Waals surface area contributed by atoms with E-state index in [4.69, 9.17) is 18.9 Å². The summed E-state index contributed by atoms with van der Waals surface area (Å²) in [5.74, 6) is 1.31. The number of benzene rings is 2. The van der Waals surface area contributed by atoms with Gasteiger partial charge in [-0.3, -0.25) is 10.1 Å². The van der Waals surface area contributed by atoms with E-state index in [0.717, 1.165) is 18.9 Å². The number of nitro groups is 1. The van der Waals surface area contributed by atoms with Gasteiger partial charge in [0.05, 0.1) is 25.7 Å². The Morgan fingerprint density at radius 2 is 1.84 bits per heavy atom. The maximum atomic E-state index is 13.1. The van der Waals surface area contributed by atoms with Gasteiger partial charge in [0.2, 0.25) is 10.0 Å². The molecule has 0 unspecified atom stereocenters. The van der Waals surface area contributed by atoms with E-state index in [2.05, 4.69) is 4.72 Å². The van der Waals surface area contributed by atoms with E-state index in [-0.39, 0.29) is 28.8 Å². The first-order valence-electron chi connectivity index (χ1n) is 10.0. The molecule has 3 rings (SSSR count). The zero-order valence-electron chi connectivity index (χ0n) is 17.9. The average Bonchev–Trinajstić information content (AvgIpc) is 2.81. The second-order valence-corrected chi connectivity index (χ2v) is 8.99. The molecule has 1 saturated heterocycles. The van der Waals surface area contributed by atoms with Crippen molar-refractivity contribution in [2.75, 3.05) is 34.0 Å². The Labute approximate surface area is 186 Å². The molecule has 1 aliphatic heterocycles. The Morgan fingerprint density at radius 3 is 2.50 bits per heavy atom. The first kappa shape index (κ1) is 23.8. The second kappa shape index (κ2) is 10.6. The molecule has 0 bridgehead atoms. The predicted octanol–water partition coefficient (Wildman–Crippen LogP) is 2.90. The number of nitro benzene ring substituents is 1. The smallest absolute Gasteiger partial charge is 0.271 e. The van der Waals surface area contributed by atoms with Crippen LogP contribution in [0.4, 0.5) is 5.69 Å². The van der Waals surface area contributed by atoms with Crippen LogP contribution < -0.4 is 18.9 Å². The van der Waals surface area contributed by atoms with Gasteiger partial charge in [-0.05, 0) is 30.9 Å². The van der Waals surface area contributed by atoms with E-state index in [1.54, 1.807) is 18.2 Å². The molecule has 0 spiro atoms. The summed E-state index contributed by atoms with van der Waals surface area (Å²) in [6.07, 6.45) is 1.62. The number of sulfonamides is 1. The minimum Gasteiger partial charge on any atom is -0.497 e. The molecular formula is C21H26N2O8S. The molecule has 10 nitrogen and oxygen atoms in total. The van der Waals surface area contributed by atoms with Gasteiger partial charge in [0.15, 0.2) is 0 Å². The Morgan fingerprint density at radius 1 is 1.09 bits per heavy atom. The topological polar surface area (TPSA) is 126 Å². The van der Waals surface area contributed by atoms with Gasteiger partial charge < -0.3 is 18.9 Å². The fraction of sp³-hybridized carbons (Fsp3) is 0.429. The van der Waals surface area contributed by atoms with Crippen molar-refractivity contribution in [3.05, 3.63) is 52.1 Å². The van der Waals surface area contributed by atoms with E-state index < -0.39 is 14.9 Å². The summed E-state index contributed by atoms with van der Waals surface area (Å²) in [5, 5.41) is 11.2. The van der Waals surface area contributed by atoms with Crippen LogP contribution >= 0.6 is 0 Å². The molecule has 2 aromatic carbocycles. The van der Waals surface area contributed by atoms with Gasteiger partial charge in [0, 0.05) is 43.5 Å². The van der Waals surface area contributed by atoms with Crippen molar-refractivity contribution in [1.29, 1.82) is 0 Å². The lowest BCUT2D eigenvalue weighted by Gasteiger charge is -2.22. The number of non-ortho nitro benzene ring substituents is 1. The van der Waals surface area contributed by atoms with Crippen molar-refractivity contribution < 1.29 is 32.3 Å². The van der Waals surface area contributed by atoms with Gasteiger partial charge in [-0.25, -0.2) is 13.1 Å². The van der Waals surface area contributed by atoms with Crippen molar-refractivity contribution in [3.63, 3.8) is 0 Å². The van der Waals surface area contributed by atoms with E-state index in [9.17, 15) is 18.5 Å². The lowest BCUT2D eigenvalue weighted by Crippen LogP contribution is -2.25. The molecular weight excluding hydrogens is 440 g/mol. The van der Waals surface area contributed by atoms with E-state index in [1.165, 1.54) is 26.4 Å². The summed E-state index contributed by atoms with van der Waals surface area (Å²) in [5.41, 5.74) is 0.234. The summed E-state index contributed by atoms with van der Waals surface area (Å²) in [7, 11) is -1.15. The van der Waals surface area contributed by atoms with Gasteiger partial charge >= 0.3 is 0 Å². The number of nitrogens with one attached hydrogen (secondary N) is 1. The molecule has 11 heteroatoms. The number of nitrogens with zero attached hydrogens (tertiary/aromatic N) is 1. The van der Waals surface area contributed by atoms with Crippen LogP contribution in [0.3, 0.4) is 0 Å². The van der Waals surface area contributed by atoms with Gasteiger partial charge in [-0.2, -0.15) is 0 Å². The quantitative estimate of drug-likeness (QED) is 0.418. The highest BCUT2D eigenvalue weighted by molar-refractivity contribution is 7.89. The van der Waals surface area contributed by atoms with Crippen molar-refractivity contribution >= 4 is 15.7 Å².